The van der Waals surface area contributed by atoms with Crippen LogP contribution >= 0.6 is 0 Å². The number of nitrogens with one attached hydrogen (secondary N) is 2. The molecule has 0 aliphatic heterocycles. The standard InChI is InChI=1S/C18H23N3O5S/c1-25-16-7-6-15(13-17(16)26-2)27(23,24)21-12-9-18(22)20-11-8-14-5-3-4-10-19-14/h3-7,10,13,21H,8-9,11-12H2,1-2H3,(H,20,22). The molecule has 0 spiro atoms. The Labute approximate surface area is 159 Å². The first-order valence-corrected chi connectivity index (χ1v) is 9.83. The Balaban J connectivity index is 1.80. The van der Waals surface area contributed by atoms with Gasteiger partial charge in [0.25, 0.3) is 0 Å². The maximum atomic E-state index is 12.3. The molecular formula is C18H23N3O5S. The molecule has 0 radical (unpaired) electrons. The SMILES string of the molecule is COc1ccc(S(=O)(=O)NCCC(=O)NCCc2ccccn2)cc1OC. The molecule has 1 heterocycles. The summed E-state index contributed by atoms with van der Waals surface area (Å²) in [4.78, 5) is 16.0. The first-order valence-electron chi connectivity index (χ1n) is 8.34. The molecule has 2 aromatic rings. The zero-order valence-electron chi connectivity index (χ0n) is 15.3. The number of carbonyl (C=O) groups is 1. The first-order chi connectivity index (χ1) is 13.0. The lowest BCUT2D eigenvalue weighted by atomic mass is 10.2. The maximum Gasteiger partial charge on any atom is 0.240 e. The third-order valence-corrected chi connectivity index (χ3v) is 5.20. The summed E-state index contributed by atoms with van der Waals surface area (Å²) >= 11 is 0. The molecule has 0 aliphatic carbocycles. The molecule has 0 saturated heterocycles. The van der Waals surface area contributed by atoms with Crippen molar-refractivity contribution in [3.63, 3.8) is 0 Å². The zero-order valence-corrected chi connectivity index (χ0v) is 16.1. The van der Waals surface area contributed by atoms with Gasteiger partial charge in [0, 0.05) is 43.9 Å². The molecule has 8 nitrogen and oxygen atoms in total. The monoisotopic (exact) mass is 393 g/mol. The molecule has 0 fully saturated rings. The van der Waals surface area contributed by atoms with Gasteiger partial charge in [-0.1, -0.05) is 6.07 Å². The van der Waals surface area contributed by atoms with Gasteiger partial charge in [0.2, 0.25) is 15.9 Å². The number of rotatable bonds is 10. The van der Waals surface area contributed by atoms with E-state index in [0.717, 1.165) is 5.69 Å². The smallest absolute Gasteiger partial charge is 0.240 e. The van der Waals surface area contributed by atoms with Crippen molar-refractivity contribution in [3.05, 3.63) is 48.3 Å². The molecule has 0 bridgehead atoms. The number of carbonyl (C=O) groups excluding carboxylic acids is 1. The van der Waals surface area contributed by atoms with Crippen molar-refractivity contribution < 1.29 is 22.7 Å². The highest BCUT2D eigenvalue weighted by Gasteiger charge is 2.17. The van der Waals surface area contributed by atoms with Crippen LogP contribution in [-0.2, 0) is 21.2 Å². The molecule has 2 rings (SSSR count). The maximum absolute atomic E-state index is 12.3. The van der Waals surface area contributed by atoms with E-state index >= 15 is 0 Å². The minimum absolute atomic E-state index is 0.00784. The van der Waals surface area contributed by atoms with E-state index in [1.54, 1.807) is 6.20 Å². The lowest BCUT2D eigenvalue weighted by molar-refractivity contribution is -0.120. The molecule has 0 unspecified atom stereocenters. The van der Waals surface area contributed by atoms with E-state index in [0.29, 0.717) is 24.5 Å². The molecule has 0 saturated carbocycles. The number of sulfonamides is 1. The number of hydrogen-bond acceptors (Lipinski definition) is 6. The van der Waals surface area contributed by atoms with Crippen LogP contribution in [0.3, 0.4) is 0 Å². The molecule has 27 heavy (non-hydrogen) atoms. The minimum Gasteiger partial charge on any atom is -0.493 e. The Bertz CT molecular complexity index is 857. The second-order valence-corrected chi connectivity index (χ2v) is 7.35. The molecular weight excluding hydrogens is 370 g/mol. The lowest BCUT2D eigenvalue weighted by Crippen LogP contribution is -2.31. The van der Waals surface area contributed by atoms with Crippen LogP contribution in [0.4, 0.5) is 0 Å². The fourth-order valence-electron chi connectivity index (χ4n) is 2.33. The van der Waals surface area contributed by atoms with Gasteiger partial charge in [-0.25, -0.2) is 13.1 Å². The van der Waals surface area contributed by atoms with Gasteiger partial charge in [0.05, 0.1) is 19.1 Å². The highest BCUT2D eigenvalue weighted by atomic mass is 32.2. The fourth-order valence-corrected chi connectivity index (χ4v) is 3.38. The fraction of sp³-hybridized carbons (Fsp3) is 0.333. The van der Waals surface area contributed by atoms with Gasteiger partial charge in [-0.05, 0) is 24.3 Å². The number of nitrogens with zero attached hydrogens (tertiary/aromatic N) is 1. The van der Waals surface area contributed by atoms with Crippen LogP contribution in [0.25, 0.3) is 0 Å². The number of aromatic nitrogens is 1. The van der Waals surface area contributed by atoms with Gasteiger partial charge in [0.15, 0.2) is 11.5 Å². The normalized spacial score (nSPS) is 11.0. The van der Waals surface area contributed by atoms with E-state index in [1.807, 2.05) is 18.2 Å². The van der Waals surface area contributed by atoms with Crippen molar-refractivity contribution >= 4 is 15.9 Å². The van der Waals surface area contributed by atoms with E-state index in [-0.39, 0.29) is 23.8 Å². The third-order valence-electron chi connectivity index (χ3n) is 3.74. The highest BCUT2D eigenvalue weighted by Crippen LogP contribution is 2.29. The molecule has 0 aliphatic rings. The Kier molecular flexibility index (Phi) is 7.56. The van der Waals surface area contributed by atoms with Gasteiger partial charge in [-0.3, -0.25) is 9.78 Å². The largest absolute Gasteiger partial charge is 0.493 e. The molecule has 0 atom stereocenters. The second-order valence-electron chi connectivity index (χ2n) is 5.59. The summed E-state index contributed by atoms with van der Waals surface area (Å²) in [6.45, 7) is 0.435. The van der Waals surface area contributed by atoms with Gasteiger partial charge >= 0.3 is 0 Å². The van der Waals surface area contributed by atoms with Crippen LogP contribution in [0.15, 0.2) is 47.5 Å². The van der Waals surface area contributed by atoms with E-state index in [1.165, 1.54) is 32.4 Å². The second kappa shape index (κ2) is 9.89. The van der Waals surface area contributed by atoms with Crippen molar-refractivity contribution in [2.45, 2.75) is 17.7 Å². The van der Waals surface area contributed by atoms with Crippen LogP contribution in [0.2, 0.25) is 0 Å². The van der Waals surface area contributed by atoms with Gasteiger partial charge in [-0.2, -0.15) is 0 Å². The summed E-state index contributed by atoms with van der Waals surface area (Å²) in [6, 6.07) is 9.88. The number of amides is 1. The molecule has 1 amide bonds. The highest BCUT2D eigenvalue weighted by molar-refractivity contribution is 7.89. The number of hydrogen-bond donors (Lipinski definition) is 2. The van der Waals surface area contributed by atoms with Crippen LogP contribution < -0.4 is 19.5 Å². The van der Waals surface area contributed by atoms with Crippen LogP contribution in [0.1, 0.15) is 12.1 Å². The summed E-state index contributed by atoms with van der Waals surface area (Å²) < 4.78 is 37.3. The molecule has 9 heteroatoms. The van der Waals surface area contributed by atoms with Crippen molar-refractivity contribution in [2.24, 2.45) is 0 Å². The van der Waals surface area contributed by atoms with Crippen LogP contribution in [-0.4, -0.2) is 46.6 Å². The summed E-state index contributed by atoms with van der Waals surface area (Å²) in [5, 5.41) is 2.74. The van der Waals surface area contributed by atoms with E-state index in [2.05, 4.69) is 15.0 Å². The zero-order chi connectivity index (χ0) is 19.7. The van der Waals surface area contributed by atoms with Crippen molar-refractivity contribution in [1.29, 1.82) is 0 Å². The van der Waals surface area contributed by atoms with Crippen molar-refractivity contribution in [1.82, 2.24) is 15.0 Å². The van der Waals surface area contributed by atoms with Gasteiger partial charge in [0.1, 0.15) is 0 Å². The van der Waals surface area contributed by atoms with Crippen LogP contribution in [0.5, 0.6) is 11.5 Å². The van der Waals surface area contributed by atoms with Crippen LogP contribution in [0, 0.1) is 0 Å². The topological polar surface area (TPSA) is 107 Å². The van der Waals surface area contributed by atoms with E-state index in [9.17, 15) is 13.2 Å². The average molecular weight is 393 g/mol. The Morgan fingerprint density at radius 2 is 1.85 bits per heavy atom. The first kappa shape index (κ1) is 20.7. The number of benzene rings is 1. The number of methoxy groups -OCH3 is 2. The predicted octanol–water partition coefficient (Wildman–Crippen LogP) is 1.13. The minimum atomic E-state index is -3.75. The summed E-state index contributed by atoms with van der Waals surface area (Å²) in [5.74, 6) is 0.511. The lowest BCUT2D eigenvalue weighted by Gasteiger charge is -2.11. The molecule has 1 aromatic heterocycles. The van der Waals surface area contributed by atoms with Gasteiger partial charge in [-0.15, -0.1) is 0 Å². The Morgan fingerprint density at radius 3 is 2.52 bits per heavy atom. The summed E-state index contributed by atoms with van der Waals surface area (Å²) in [5.41, 5.74) is 0.881. The summed E-state index contributed by atoms with van der Waals surface area (Å²) in [6.07, 6.45) is 2.35. The molecule has 2 N–H and O–H groups in total. The van der Waals surface area contributed by atoms with Crippen molar-refractivity contribution in [3.8, 4) is 11.5 Å². The average Bonchev–Trinajstić information content (AvgIpc) is 2.68. The van der Waals surface area contributed by atoms with E-state index in [4.69, 9.17) is 9.47 Å². The summed E-state index contributed by atoms with van der Waals surface area (Å²) in [7, 11) is -0.856. The quantitative estimate of drug-likeness (QED) is 0.627. The predicted molar refractivity (Wildman–Crippen MR) is 100 cm³/mol. The Morgan fingerprint density at radius 1 is 1.07 bits per heavy atom. The number of ether oxygens (including phenoxy) is 2. The Hall–Kier alpha value is -2.65. The van der Waals surface area contributed by atoms with Gasteiger partial charge < -0.3 is 14.8 Å². The van der Waals surface area contributed by atoms with E-state index < -0.39 is 10.0 Å². The third kappa shape index (κ3) is 6.22. The molecule has 146 valence electrons. The number of pyridine rings is 1. The van der Waals surface area contributed by atoms with Crippen molar-refractivity contribution in [2.75, 3.05) is 27.3 Å². The molecule has 1 aromatic carbocycles.